The van der Waals surface area contributed by atoms with E-state index in [0.717, 1.165) is 24.5 Å². The molecule has 1 N–H and O–H groups in total. The van der Waals surface area contributed by atoms with Crippen molar-refractivity contribution in [1.82, 2.24) is 0 Å². The van der Waals surface area contributed by atoms with Crippen molar-refractivity contribution in [3.8, 4) is 11.5 Å². The second-order valence-electron chi connectivity index (χ2n) is 4.97. The fourth-order valence-electron chi connectivity index (χ4n) is 2.74. The van der Waals surface area contributed by atoms with Crippen LogP contribution in [0.15, 0.2) is 30.3 Å². The lowest BCUT2D eigenvalue weighted by atomic mass is 10.0. The maximum atomic E-state index is 6.13. The SMILES string of the molecule is Cc1ccc2c(c1)Oc1c3c(ccc1=C2)=[NH+]CC3. The number of ether oxygens (including phenoxy) is 1. The molecule has 88 valence electrons. The largest absolute Gasteiger partial charge is 0.456 e. The van der Waals surface area contributed by atoms with E-state index in [4.69, 9.17) is 4.74 Å². The van der Waals surface area contributed by atoms with E-state index in [-0.39, 0.29) is 0 Å². The van der Waals surface area contributed by atoms with E-state index in [1.165, 1.54) is 27.3 Å². The molecule has 2 heteroatoms. The molecule has 0 spiro atoms. The van der Waals surface area contributed by atoms with E-state index in [1.54, 1.807) is 0 Å². The monoisotopic (exact) mass is 236 g/mol. The summed E-state index contributed by atoms with van der Waals surface area (Å²) < 4.78 is 6.13. The molecule has 2 aromatic carbocycles. The van der Waals surface area contributed by atoms with Crippen LogP contribution in [-0.2, 0) is 6.42 Å². The lowest BCUT2D eigenvalue weighted by Crippen LogP contribution is -2.73. The van der Waals surface area contributed by atoms with Crippen LogP contribution in [0.3, 0.4) is 0 Å². The first-order valence-corrected chi connectivity index (χ1v) is 6.34. The molecule has 0 bridgehead atoms. The Labute approximate surface area is 105 Å². The van der Waals surface area contributed by atoms with Gasteiger partial charge in [0.05, 0.1) is 5.56 Å². The summed E-state index contributed by atoms with van der Waals surface area (Å²) >= 11 is 0. The van der Waals surface area contributed by atoms with Crippen molar-refractivity contribution in [3.05, 3.63) is 57.6 Å². The van der Waals surface area contributed by atoms with Gasteiger partial charge in [0.15, 0.2) is 0 Å². The van der Waals surface area contributed by atoms with Gasteiger partial charge in [-0.3, -0.25) is 0 Å². The third-order valence-electron chi connectivity index (χ3n) is 3.67. The molecular formula is C16H14NO+. The Morgan fingerprint density at radius 1 is 1.17 bits per heavy atom. The minimum atomic E-state index is 0.975. The Morgan fingerprint density at radius 2 is 2.11 bits per heavy atom. The molecule has 2 aromatic rings. The zero-order chi connectivity index (χ0) is 12.1. The first-order valence-electron chi connectivity index (χ1n) is 6.34. The van der Waals surface area contributed by atoms with Crippen LogP contribution in [0.25, 0.3) is 6.08 Å². The standard InChI is InChI=1S/C16H13NO/c1-10-2-3-11-9-12-4-5-14-13(6-7-17-14)16(12)18-15(11)8-10/h2-5,8-9H,6-7H2,1H3/p+1. The quantitative estimate of drug-likeness (QED) is 0.591. The Hall–Kier alpha value is -2.09. The minimum Gasteiger partial charge on any atom is -0.456 e. The average molecular weight is 236 g/mol. The van der Waals surface area contributed by atoms with Gasteiger partial charge < -0.3 is 4.74 Å². The number of rotatable bonds is 0. The zero-order valence-electron chi connectivity index (χ0n) is 10.3. The number of nitrogens with one attached hydrogen (secondary N) is 1. The summed E-state index contributed by atoms with van der Waals surface area (Å²) in [6, 6.07) is 10.6. The van der Waals surface area contributed by atoms with Crippen molar-refractivity contribution in [3.63, 3.8) is 0 Å². The van der Waals surface area contributed by atoms with Crippen LogP contribution in [0.4, 0.5) is 0 Å². The van der Waals surface area contributed by atoms with Gasteiger partial charge in [0.25, 0.3) is 0 Å². The van der Waals surface area contributed by atoms with Crippen molar-refractivity contribution >= 4 is 6.08 Å². The van der Waals surface area contributed by atoms with Gasteiger partial charge in [-0.25, -0.2) is 4.99 Å². The van der Waals surface area contributed by atoms with Gasteiger partial charge in [-0.2, -0.15) is 0 Å². The lowest BCUT2D eigenvalue weighted by molar-refractivity contribution is -0.490. The van der Waals surface area contributed by atoms with E-state index in [9.17, 15) is 0 Å². The zero-order valence-corrected chi connectivity index (χ0v) is 10.3. The van der Waals surface area contributed by atoms with Gasteiger partial charge in [-0.05, 0) is 30.7 Å². The van der Waals surface area contributed by atoms with Gasteiger partial charge in [0, 0.05) is 23.3 Å². The highest BCUT2D eigenvalue weighted by Gasteiger charge is 2.20. The number of fused-ring (bicyclic) bond motifs is 4. The van der Waals surface area contributed by atoms with Crippen molar-refractivity contribution in [2.24, 2.45) is 0 Å². The Bertz CT molecular complexity index is 774. The fourth-order valence-corrected chi connectivity index (χ4v) is 2.74. The third-order valence-corrected chi connectivity index (χ3v) is 3.67. The summed E-state index contributed by atoms with van der Waals surface area (Å²) in [5.74, 6) is 2.01. The Morgan fingerprint density at radius 3 is 3.06 bits per heavy atom. The van der Waals surface area contributed by atoms with Crippen molar-refractivity contribution < 1.29 is 9.73 Å². The normalized spacial score (nSPS) is 14.7. The summed E-state index contributed by atoms with van der Waals surface area (Å²) in [4.78, 5) is 3.39. The van der Waals surface area contributed by atoms with E-state index < -0.39 is 0 Å². The van der Waals surface area contributed by atoms with Crippen LogP contribution in [-0.4, -0.2) is 6.54 Å². The summed E-state index contributed by atoms with van der Waals surface area (Å²) in [7, 11) is 0. The van der Waals surface area contributed by atoms with E-state index in [2.05, 4.69) is 48.3 Å². The van der Waals surface area contributed by atoms with E-state index in [0.29, 0.717) is 0 Å². The molecule has 0 atom stereocenters. The summed E-state index contributed by atoms with van der Waals surface area (Å²) in [6.45, 7) is 3.10. The molecule has 2 aliphatic rings. The minimum absolute atomic E-state index is 0.975. The molecular weight excluding hydrogens is 222 g/mol. The molecule has 0 fully saturated rings. The van der Waals surface area contributed by atoms with Gasteiger partial charge >= 0.3 is 0 Å². The van der Waals surface area contributed by atoms with Crippen LogP contribution in [0.1, 0.15) is 16.7 Å². The number of hydrogen-bond donors (Lipinski definition) is 1. The van der Waals surface area contributed by atoms with E-state index in [1.807, 2.05) is 0 Å². The molecule has 0 saturated carbocycles. The highest BCUT2D eigenvalue weighted by molar-refractivity contribution is 5.64. The van der Waals surface area contributed by atoms with Crippen LogP contribution in [0, 0.1) is 6.92 Å². The molecule has 2 aliphatic heterocycles. The molecule has 18 heavy (non-hydrogen) atoms. The molecule has 4 rings (SSSR count). The van der Waals surface area contributed by atoms with Crippen LogP contribution >= 0.6 is 0 Å². The van der Waals surface area contributed by atoms with Crippen molar-refractivity contribution in [2.45, 2.75) is 13.3 Å². The molecule has 0 aromatic heterocycles. The third kappa shape index (κ3) is 1.32. The Kier molecular flexibility index (Phi) is 1.90. The second-order valence-corrected chi connectivity index (χ2v) is 4.97. The summed E-state index contributed by atoms with van der Waals surface area (Å²) in [6.07, 6.45) is 3.26. The maximum absolute atomic E-state index is 6.13. The second kappa shape index (κ2) is 3.45. The average Bonchev–Trinajstić information content (AvgIpc) is 2.85. The molecule has 0 amide bonds. The summed E-state index contributed by atoms with van der Waals surface area (Å²) in [5.41, 5.74) is 3.71. The molecule has 0 radical (unpaired) electrons. The topological polar surface area (TPSA) is 23.2 Å². The number of hydrogen-bond acceptors (Lipinski definition) is 1. The summed E-state index contributed by atoms with van der Waals surface area (Å²) in [5, 5.41) is 2.41. The first kappa shape index (κ1) is 9.89. The van der Waals surface area contributed by atoms with Gasteiger partial charge in [-0.15, -0.1) is 0 Å². The fraction of sp³-hybridized carbons (Fsp3) is 0.188. The van der Waals surface area contributed by atoms with Crippen LogP contribution in [0.5, 0.6) is 11.5 Å². The van der Waals surface area contributed by atoms with E-state index >= 15 is 0 Å². The van der Waals surface area contributed by atoms with Crippen LogP contribution in [0.2, 0.25) is 0 Å². The molecule has 0 saturated heterocycles. The molecule has 2 heterocycles. The first-order chi connectivity index (χ1) is 8.81. The Balaban J connectivity index is 2.03. The molecule has 0 aliphatic carbocycles. The van der Waals surface area contributed by atoms with Gasteiger partial charge in [0.2, 0.25) is 5.36 Å². The molecule has 2 nitrogen and oxygen atoms in total. The smallest absolute Gasteiger partial charge is 0.205 e. The van der Waals surface area contributed by atoms with Crippen molar-refractivity contribution in [2.75, 3.05) is 6.54 Å². The van der Waals surface area contributed by atoms with Gasteiger partial charge in [-0.1, -0.05) is 12.1 Å². The van der Waals surface area contributed by atoms with Gasteiger partial charge in [0.1, 0.15) is 18.0 Å². The van der Waals surface area contributed by atoms with Crippen LogP contribution < -0.4 is 20.3 Å². The maximum Gasteiger partial charge on any atom is 0.205 e. The highest BCUT2D eigenvalue weighted by Crippen LogP contribution is 2.30. The predicted octanol–water partition coefficient (Wildman–Crippen LogP) is 0.186. The number of benzene rings is 2. The lowest BCUT2D eigenvalue weighted by Gasteiger charge is -2.16. The number of aryl methyl sites for hydroxylation is 1. The predicted molar refractivity (Wildman–Crippen MR) is 69.1 cm³/mol. The molecule has 0 unspecified atom stereocenters. The van der Waals surface area contributed by atoms with Crippen molar-refractivity contribution in [1.29, 1.82) is 0 Å². The highest BCUT2D eigenvalue weighted by atomic mass is 16.5.